The van der Waals surface area contributed by atoms with Crippen molar-refractivity contribution in [2.75, 3.05) is 11.9 Å². The van der Waals surface area contributed by atoms with Gasteiger partial charge in [0.25, 0.3) is 0 Å². The van der Waals surface area contributed by atoms with Crippen LogP contribution in [0.3, 0.4) is 0 Å². The highest BCUT2D eigenvalue weighted by molar-refractivity contribution is 7.09. The van der Waals surface area contributed by atoms with E-state index in [4.69, 9.17) is 0 Å². The van der Waals surface area contributed by atoms with Crippen molar-refractivity contribution in [1.29, 1.82) is 0 Å². The van der Waals surface area contributed by atoms with Gasteiger partial charge in [0.1, 0.15) is 0 Å². The maximum absolute atomic E-state index is 12.5. The van der Waals surface area contributed by atoms with Crippen LogP contribution in [0.4, 0.5) is 23.1 Å². The van der Waals surface area contributed by atoms with Gasteiger partial charge in [-0.1, -0.05) is 24.3 Å². The number of benzene rings is 1. The van der Waals surface area contributed by atoms with Crippen LogP contribution in [0.5, 0.6) is 0 Å². The molecule has 5 nitrogen and oxygen atoms in total. The molecule has 1 N–H and O–H groups in total. The molecule has 122 valence electrons. The Bertz CT molecular complexity index is 716. The molecule has 3 rings (SSSR count). The lowest BCUT2D eigenvalue weighted by molar-refractivity contribution is -0.144. The SMILES string of the molecule is O=C(Nc1nc(C(F)(F)F)ns1)N1CCCc2ccccc2C1. The van der Waals surface area contributed by atoms with Gasteiger partial charge in [-0.25, -0.2) is 4.79 Å². The molecule has 2 amide bonds. The van der Waals surface area contributed by atoms with Gasteiger partial charge in [-0.15, -0.1) is 0 Å². The number of rotatable bonds is 1. The fraction of sp³-hybridized carbons (Fsp3) is 0.357. The number of aryl methyl sites for hydroxylation is 1. The molecule has 2 heterocycles. The van der Waals surface area contributed by atoms with Crippen molar-refractivity contribution in [2.24, 2.45) is 0 Å². The van der Waals surface area contributed by atoms with E-state index in [9.17, 15) is 18.0 Å². The average Bonchev–Trinajstić information content (AvgIpc) is 2.86. The molecule has 1 aliphatic heterocycles. The second-order valence-corrected chi connectivity index (χ2v) is 5.90. The lowest BCUT2D eigenvalue weighted by Crippen LogP contribution is -2.34. The Morgan fingerprint density at radius 3 is 2.70 bits per heavy atom. The lowest BCUT2D eigenvalue weighted by Gasteiger charge is -2.20. The van der Waals surface area contributed by atoms with Crippen molar-refractivity contribution in [3.8, 4) is 0 Å². The number of amides is 2. The largest absolute Gasteiger partial charge is 0.452 e. The second-order valence-electron chi connectivity index (χ2n) is 5.14. The zero-order chi connectivity index (χ0) is 16.4. The van der Waals surface area contributed by atoms with Crippen LogP contribution in [0.2, 0.25) is 0 Å². The minimum absolute atomic E-state index is 0.153. The van der Waals surface area contributed by atoms with Gasteiger partial charge < -0.3 is 4.90 Å². The number of hydrogen-bond donors (Lipinski definition) is 1. The molecule has 1 aromatic heterocycles. The summed E-state index contributed by atoms with van der Waals surface area (Å²) in [5.74, 6) is -1.24. The van der Waals surface area contributed by atoms with E-state index in [0.717, 1.165) is 18.4 Å². The molecule has 23 heavy (non-hydrogen) atoms. The molecular weight excluding hydrogens is 329 g/mol. The minimum Gasteiger partial charge on any atom is -0.320 e. The molecule has 0 fully saturated rings. The average molecular weight is 342 g/mol. The van der Waals surface area contributed by atoms with Crippen LogP contribution in [-0.4, -0.2) is 26.8 Å². The second kappa shape index (κ2) is 6.15. The first kappa shape index (κ1) is 15.7. The molecule has 0 radical (unpaired) electrons. The number of carbonyl (C=O) groups excluding carboxylic acids is 1. The third-order valence-corrected chi connectivity index (χ3v) is 4.16. The third-order valence-electron chi connectivity index (χ3n) is 3.53. The van der Waals surface area contributed by atoms with Gasteiger partial charge in [-0.3, -0.25) is 5.32 Å². The molecular formula is C14H13F3N4OS. The number of fused-ring (bicyclic) bond motifs is 1. The van der Waals surface area contributed by atoms with Crippen LogP contribution >= 0.6 is 11.5 Å². The zero-order valence-corrected chi connectivity index (χ0v) is 12.7. The van der Waals surface area contributed by atoms with Gasteiger partial charge in [-0.2, -0.15) is 22.5 Å². The van der Waals surface area contributed by atoms with Crippen LogP contribution in [0.15, 0.2) is 24.3 Å². The standard InChI is InChI=1S/C14H13F3N4OS/c15-14(16,17)11-18-12(23-20-11)19-13(22)21-7-3-6-9-4-1-2-5-10(9)8-21/h1-2,4-5H,3,6-8H2,(H,18,19,20,22). The van der Waals surface area contributed by atoms with E-state index in [0.29, 0.717) is 24.6 Å². The van der Waals surface area contributed by atoms with Gasteiger partial charge in [-0.05, 0) is 24.0 Å². The summed E-state index contributed by atoms with van der Waals surface area (Å²) >= 11 is 0.520. The fourth-order valence-corrected chi connectivity index (χ4v) is 3.01. The zero-order valence-electron chi connectivity index (χ0n) is 11.9. The van der Waals surface area contributed by atoms with Crippen LogP contribution in [-0.2, 0) is 19.1 Å². The Morgan fingerprint density at radius 1 is 1.26 bits per heavy atom. The van der Waals surface area contributed by atoms with E-state index in [1.54, 1.807) is 4.90 Å². The highest BCUT2D eigenvalue weighted by Gasteiger charge is 2.36. The van der Waals surface area contributed by atoms with E-state index in [1.807, 2.05) is 24.3 Å². The van der Waals surface area contributed by atoms with Gasteiger partial charge in [0.2, 0.25) is 11.0 Å². The number of aromatic nitrogens is 2. The summed E-state index contributed by atoms with van der Waals surface area (Å²) in [6.07, 6.45) is -2.94. The van der Waals surface area contributed by atoms with Gasteiger partial charge in [0.05, 0.1) is 0 Å². The van der Waals surface area contributed by atoms with E-state index in [-0.39, 0.29) is 5.13 Å². The summed E-state index contributed by atoms with van der Waals surface area (Å²) in [6.45, 7) is 0.957. The molecule has 0 saturated carbocycles. The van der Waals surface area contributed by atoms with Crippen LogP contribution < -0.4 is 5.32 Å². The van der Waals surface area contributed by atoms with Crippen molar-refractivity contribution in [3.05, 3.63) is 41.2 Å². The Kier molecular flexibility index (Phi) is 4.20. The summed E-state index contributed by atoms with van der Waals surface area (Å²) in [7, 11) is 0. The summed E-state index contributed by atoms with van der Waals surface area (Å²) in [5.41, 5.74) is 2.24. The number of nitrogens with zero attached hydrogens (tertiary/aromatic N) is 3. The van der Waals surface area contributed by atoms with Crippen LogP contribution in [0, 0.1) is 0 Å². The molecule has 0 atom stereocenters. The highest BCUT2D eigenvalue weighted by Crippen LogP contribution is 2.29. The molecule has 2 aromatic rings. The van der Waals surface area contributed by atoms with Crippen molar-refractivity contribution in [3.63, 3.8) is 0 Å². The molecule has 0 unspecified atom stereocenters. The highest BCUT2D eigenvalue weighted by atomic mass is 32.1. The monoisotopic (exact) mass is 342 g/mol. The first-order valence-corrected chi connectivity index (χ1v) is 7.74. The smallest absolute Gasteiger partial charge is 0.320 e. The van der Waals surface area contributed by atoms with Crippen molar-refractivity contribution < 1.29 is 18.0 Å². The predicted molar refractivity (Wildman–Crippen MR) is 79.1 cm³/mol. The van der Waals surface area contributed by atoms with Crippen LogP contribution in [0.25, 0.3) is 0 Å². The number of hydrogen-bond acceptors (Lipinski definition) is 4. The predicted octanol–water partition coefficient (Wildman–Crippen LogP) is 3.54. The number of halogens is 3. The molecule has 1 aliphatic rings. The molecule has 0 bridgehead atoms. The van der Waals surface area contributed by atoms with E-state index >= 15 is 0 Å². The molecule has 0 aliphatic carbocycles. The molecule has 0 saturated heterocycles. The Morgan fingerprint density at radius 2 is 2.00 bits per heavy atom. The number of urea groups is 1. The molecule has 1 aromatic carbocycles. The Labute approximate surface area is 134 Å². The first-order valence-electron chi connectivity index (χ1n) is 6.97. The quantitative estimate of drug-likeness (QED) is 0.862. The van der Waals surface area contributed by atoms with E-state index in [1.165, 1.54) is 5.56 Å². The summed E-state index contributed by atoms with van der Waals surface area (Å²) < 4.78 is 40.6. The summed E-state index contributed by atoms with van der Waals surface area (Å²) in [6, 6.07) is 7.37. The Hall–Kier alpha value is -2.16. The normalized spacial score (nSPS) is 15.0. The fourth-order valence-electron chi connectivity index (χ4n) is 2.43. The van der Waals surface area contributed by atoms with Crippen molar-refractivity contribution >= 4 is 22.7 Å². The maximum atomic E-state index is 12.5. The van der Waals surface area contributed by atoms with Crippen molar-refractivity contribution in [1.82, 2.24) is 14.3 Å². The van der Waals surface area contributed by atoms with Gasteiger partial charge in [0.15, 0.2) is 0 Å². The van der Waals surface area contributed by atoms with Crippen molar-refractivity contribution in [2.45, 2.75) is 25.6 Å². The number of anilines is 1. The topological polar surface area (TPSA) is 58.1 Å². The maximum Gasteiger partial charge on any atom is 0.452 e. The van der Waals surface area contributed by atoms with Gasteiger partial charge in [0, 0.05) is 24.6 Å². The first-order chi connectivity index (χ1) is 10.9. The van der Waals surface area contributed by atoms with E-state index in [2.05, 4.69) is 14.7 Å². The number of nitrogens with one attached hydrogen (secondary N) is 1. The van der Waals surface area contributed by atoms with E-state index < -0.39 is 18.0 Å². The van der Waals surface area contributed by atoms with Gasteiger partial charge >= 0.3 is 12.2 Å². The van der Waals surface area contributed by atoms with Crippen LogP contribution in [0.1, 0.15) is 23.4 Å². The Balaban J connectivity index is 1.70. The third kappa shape index (κ3) is 3.61. The molecule has 9 heteroatoms. The number of alkyl halides is 3. The lowest BCUT2D eigenvalue weighted by atomic mass is 10.0. The number of carbonyl (C=O) groups is 1. The summed E-state index contributed by atoms with van der Waals surface area (Å²) in [4.78, 5) is 17.1. The minimum atomic E-state index is -4.61. The molecule has 0 spiro atoms. The summed E-state index contributed by atoms with van der Waals surface area (Å²) in [5, 5.41) is 2.24.